The van der Waals surface area contributed by atoms with Gasteiger partial charge in [0.2, 0.25) is 0 Å². The number of hydrogen-bond donors (Lipinski definition) is 0. The van der Waals surface area contributed by atoms with Crippen LogP contribution in [0.1, 0.15) is 0 Å². The van der Waals surface area contributed by atoms with Crippen molar-refractivity contribution in [1.29, 1.82) is 0 Å². The predicted molar refractivity (Wildman–Crippen MR) is 227 cm³/mol. The Morgan fingerprint density at radius 3 is 0.896 bits per heavy atom. The molecule has 4 aromatic heterocycles. The summed E-state index contributed by atoms with van der Waals surface area (Å²) in [5.74, 6) is 0. The standard InChI is InChI=1S/2C20H15PS3/c2*22-21(16-8-3-1-4-9-16,17-10-5-2-6-11-17)20-14-13-19(24-20)18-12-7-15-23-18/h2*1-15H. The van der Waals surface area contributed by atoms with Crippen molar-refractivity contribution in [2.75, 3.05) is 0 Å². The lowest BCUT2D eigenvalue weighted by molar-refractivity contribution is 1.75. The van der Waals surface area contributed by atoms with E-state index < -0.39 is 12.1 Å². The second-order valence-electron chi connectivity index (χ2n) is 10.8. The number of rotatable bonds is 8. The third-order valence-electron chi connectivity index (χ3n) is 7.81. The van der Waals surface area contributed by atoms with Crippen LogP contribution in [0, 0.1) is 0 Å². The van der Waals surface area contributed by atoms with E-state index in [2.05, 4.69) is 181 Å². The zero-order valence-corrected chi connectivity index (χ0v) is 32.4. The fourth-order valence-electron chi connectivity index (χ4n) is 5.46. The van der Waals surface area contributed by atoms with Gasteiger partial charge in [-0.3, -0.25) is 0 Å². The molecule has 0 fully saturated rings. The molecule has 236 valence electrons. The number of hydrogen-bond acceptors (Lipinski definition) is 6. The van der Waals surface area contributed by atoms with Crippen molar-refractivity contribution < 1.29 is 0 Å². The highest BCUT2D eigenvalue weighted by Crippen LogP contribution is 2.47. The van der Waals surface area contributed by atoms with Crippen molar-refractivity contribution in [3.05, 3.63) is 181 Å². The maximum absolute atomic E-state index is 6.37. The van der Waals surface area contributed by atoms with Gasteiger partial charge in [0.1, 0.15) is 0 Å². The Hall–Kier alpha value is -3.02. The van der Waals surface area contributed by atoms with Crippen LogP contribution < -0.4 is 30.5 Å². The van der Waals surface area contributed by atoms with E-state index in [9.17, 15) is 0 Å². The lowest BCUT2D eigenvalue weighted by Crippen LogP contribution is -2.22. The van der Waals surface area contributed by atoms with Crippen LogP contribution in [0.15, 0.2) is 181 Å². The summed E-state index contributed by atoms with van der Waals surface area (Å²) in [6, 6.07) is 55.8. The summed E-state index contributed by atoms with van der Waals surface area (Å²) in [5, 5.41) is 9.27. The lowest BCUT2D eigenvalue weighted by Gasteiger charge is -2.22. The summed E-state index contributed by atoms with van der Waals surface area (Å²) in [5.41, 5.74) is 0. The Morgan fingerprint density at radius 2 is 0.625 bits per heavy atom. The van der Waals surface area contributed by atoms with Gasteiger partial charge in [-0.1, -0.05) is 157 Å². The van der Waals surface area contributed by atoms with Gasteiger partial charge in [0.15, 0.2) is 0 Å². The van der Waals surface area contributed by atoms with E-state index in [0.29, 0.717) is 0 Å². The van der Waals surface area contributed by atoms with Crippen LogP contribution >= 0.6 is 57.4 Å². The molecule has 0 amide bonds. The fraction of sp³-hybridized carbons (Fsp3) is 0. The lowest BCUT2D eigenvalue weighted by atomic mass is 10.4. The van der Waals surface area contributed by atoms with Crippen LogP contribution in [0.25, 0.3) is 19.5 Å². The molecule has 0 aliphatic rings. The van der Waals surface area contributed by atoms with Crippen LogP contribution in [-0.2, 0) is 23.6 Å². The van der Waals surface area contributed by atoms with Crippen LogP contribution in [0.2, 0.25) is 0 Å². The summed E-state index contributed by atoms with van der Waals surface area (Å²) in [6.07, 6.45) is 0. The first-order valence-corrected chi connectivity index (χ1v) is 24.3. The highest BCUT2D eigenvalue weighted by atomic mass is 32.4. The van der Waals surface area contributed by atoms with Gasteiger partial charge in [-0.15, -0.1) is 45.3 Å². The molecule has 8 rings (SSSR count). The average Bonchev–Trinajstić information content (AvgIpc) is 4.00. The van der Waals surface area contributed by atoms with Gasteiger partial charge in [0, 0.05) is 40.8 Å². The molecule has 0 N–H and O–H groups in total. The van der Waals surface area contributed by atoms with E-state index in [4.69, 9.17) is 23.6 Å². The molecule has 0 bridgehead atoms. The maximum atomic E-state index is 6.37. The summed E-state index contributed by atoms with van der Waals surface area (Å²) < 4.78 is 2.61. The van der Waals surface area contributed by atoms with Crippen molar-refractivity contribution >= 4 is 111 Å². The first-order valence-electron chi connectivity index (χ1n) is 15.3. The first kappa shape index (κ1) is 33.5. The highest BCUT2D eigenvalue weighted by Gasteiger charge is 2.28. The van der Waals surface area contributed by atoms with E-state index in [1.807, 2.05) is 22.7 Å². The van der Waals surface area contributed by atoms with E-state index in [-0.39, 0.29) is 0 Å². The highest BCUT2D eigenvalue weighted by molar-refractivity contribution is 8.27. The second-order valence-corrected chi connectivity index (χ2v) is 24.2. The molecule has 48 heavy (non-hydrogen) atoms. The Morgan fingerprint density at radius 1 is 0.312 bits per heavy atom. The van der Waals surface area contributed by atoms with Gasteiger partial charge in [0.05, 0.1) is 0 Å². The van der Waals surface area contributed by atoms with Crippen molar-refractivity contribution in [3.8, 4) is 19.5 Å². The summed E-state index contributed by atoms with van der Waals surface area (Å²) >= 11 is 20.0. The number of thiophene rings is 4. The molecule has 8 aromatic rings. The van der Waals surface area contributed by atoms with E-state index in [1.165, 1.54) is 50.0 Å². The monoisotopic (exact) mass is 764 g/mol. The topological polar surface area (TPSA) is 0 Å². The Kier molecular flexibility index (Phi) is 10.6. The smallest absolute Gasteiger partial charge is 0.0475 e. The van der Waals surface area contributed by atoms with Gasteiger partial charge in [-0.05, 0) is 68.4 Å². The average molecular weight is 765 g/mol. The van der Waals surface area contributed by atoms with Crippen molar-refractivity contribution in [1.82, 2.24) is 0 Å². The molecule has 0 saturated heterocycles. The summed E-state index contributed by atoms with van der Waals surface area (Å²) in [6.45, 7) is 0. The molecular weight excluding hydrogens is 735 g/mol. The molecule has 8 heteroatoms. The van der Waals surface area contributed by atoms with Crippen molar-refractivity contribution in [2.24, 2.45) is 0 Å². The maximum Gasteiger partial charge on any atom is 0.0475 e. The van der Waals surface area contributed by atoms with Crippen LogP contribution in [-0.4, -0.2) is 0 Å². The summed E-state index contributed by atoms with van der Waals surface area (Å²) in [7, 11) is 0. The Bertz CT molecular complexity index is 2020. The zero-order chi connectivity index (χ0) is 32.8. The molecule has 0 spiro atoms. The van der Waals surface area contributed by atoms with Gasteiger partial charge in [0.25, 0.3) is 0 Å². The molecule has 0 aliphatic heterocycles. The fourth-order valence-corrected chi connectivity index (χ4v) is 18.5. The Labute approximate surface area is 309 Å². The van der Waals surface area contributed by atoms with E-state index >= 15 is 0 Å². The van der Waals surface area contributed by atoms with Crippen LogP contribution in [0.5, 0.6) is 0 Å². The molecular formula is C40H30P2S6. The van der Waals surface area contributed by atoms with Crippen molar-refractivity contribution in [3.63, 3.8) is 0 Å². The molecule has 0 radical (unpaired) electrons. The predicted octanol–water partition coefficient (Wildman–Crippen LogP) is 10.5. The van der Waals surface area contributed by atoms with Crippen molar-refractivity contribution in [2.45, 2.75) is 0 Å². The minimum absolute atomic E-state index is 1.26. The Balaban J connectivity index is 0.000000152. The largest absolute Gasteiger partial charge is 0.143 e. The molecule has 4 heterocycles. The third-order valence-corrected chi connectivity index (χ3v) is 24.0. The van der Waals surface area contributed by atoms with Gasteiger partial charge < -0.3 is 0 Å². The van der Waals surface area contributed by atoms with Gasteiger partial charge in [-0.25, -0.2) is 0 Å². The molecule has 0 saturated carbocycles. The molecule has 0 atom stereocenters. The summed E-state index contributed by atoms with van der Waals surface area (Å²) in [4.78, 5) is 5.24. The minimum atomic E-state index is -2.00. The second kappa shape index (κ2) is 15.3. The minimum Gasteiger partial charge on any atom is -0.143 e. The van der Waals surface area contributed by atoms with E-state index in [1.54, 1.807) is 22.7 Å². The SMILES string of the molecule is S=P(c1ccccc1)(c1ccccc1)c1ccc(-c2cccs2)s1.S=P(c1ccccc1)(c1ccccc1)c1ccc(-c2cccs2)s1. The first-order chi connectivity index (χ1) is 23.6. The van der Waals surface area contributed by atoms with Gasteiger partial charge >= 0.3 is 0 Å². The normalized spacial score (nSPS) is 11.5. The molecule has 0 unspecified atom stereocenters. The van der Waals surface area contributed by atoms with E-state index in [0.717, 1.165) is 0 Å². The quantitative estimate of drug-likeness (QED) is 0.141. The van der Waals surface area contributed by atoms with Crippen LogP contribution in [0.3, 0.4) is 0 Å². The molecule has 4 aromatic carbocycles. The van der Waals surface area contributed by atoms with Gasteiger partial charge in [-0.2, -0.15) is 0 Å². The van der Waals surface area contributed by atoms with Crippen LogP contribution in [0.4, 0.5) is 0 Å². The molecule has 0 nitrogen and oxygen atoms in total. The molecule has 0 aliphatic carbocycles. The third kappa shape index (κ3) is 6.87. The number of benzene rings is 4. The zero-order valence-electron chi connectivity index (χ0n) is 25.7.